The fourth-order valence-corrected chi connectivity index (χ4v) is 2.52. The number of methoxy groups -OCH3 is 1. The van der Waals surface area contributed by atoms with Gasteiger partial charge in [-0.2, -0.15) is 0 Å². The number of nitrogens with one attached hydrogen (secondary N) is 1. The maximum atomic E-state index is 12.2. The summed E-state index contributed by atoms with van der Waals surface area (Å²) in [5.41, 5.74) is 5.37. The van der Waals surface area contributed by atoms with Crippen LogP contribution >= 0.6 is 24.0 Å². The number of nitrogens with two attached hydrogens (primary N) is 1. The molecular weight excluding hydrogens is 477 g/mol. The average molecular weight is 515 g/mol. The van der Waals surface area contributed by atoms with E-state index < -0.39 is 5.60 Å². The van der Waals surface area contributed by atoms with Gasteiger partial charge in [-0.05, 0) is 27.2 Å². The van der Waals surface area contributed by atoms with Crippen LogP contribution in [0, 0.1) is 0 Å². The van der Waals surface area contributed by atoms with E-state index in [0.29, 0.717) is 38.7 Å². The van der Waals surface area contributed by atoms with E-state index in [1.165, 1.54) is 0 Å². The van der Waals surface area contributed by atoms with Crippen molar-refractivity contribution in [1.82, 2.24) is 15.1 Å². The van der Waals surface area contributed by atoms with Gasteiger partial charge in [0.15, 0.2) is 5.96 Å². The molecular formula is C18H38IN5O4. The Morgan fingerprint density at radius 2 is 1.96 bits per heavy atom. The van der Waals surface area contributed by atoms with Crippen molar-refractivity contribution in [3.05, 3.63) is 0 Å². The molecule has 1 amide bonds. The van der Waals surface area contributed by atoms with Gasteiger partial charge in [0, 0.05) is 52.9 Å². The molecule has 10 heteroatoms. The summed E-state index contributed by atoms with van der Waals surface area (Å²) in [5.74, 6) is 0.396. The molecule has 0 bridgehead atoms. The lowest BCUT2D eigenvalue weighted by atomic mass is 10.2. The van der Waals surface area contributed by atoms with Crippen molar-refractivity contribution in [1.29, 1.82) is 0 Å². The second-order valence-corrected chi connectivity index (χ2v) is 7.46. The van der Waals surface area contributed by atoms with Crippen LogP contribution in [-0.4, -0.2) is 100 Å². The summed E-state index contributed by atoms with van der Waals surface area (Å²) in [5, 5.41) is 3.05. The zero-order valence-corrected chi connectivity index (χ0v) is 20.1. The highest BCUT2D eigenvalue weighted by atomic mass is 127. The summed E-state index contributed by atoms with van der Waals surface area (Å²) >= 11 is 0. The van der Waals surface area contributed by atoms with E-state index >= 15 is 0 Å². The third-order valence-corrected chi connectivity index (χ3v) is 3.92. The van der Waals surface area contributed by atoms with Crippen LogP contribution in [0.15, 0.2) is 4.99 Å². The molecule has 0 unspecified atom stereocenters. The lowest BCUT2D eigenvalue weighted by molar-refractivity contribution is 0.0206. The molecule has 1 heterocycles. The highest BCUT2D eigenvalue weighted by Crippen LogP contribution is 2.09. The summed E-state index contributed by atoms with van der Waals surface area (Å²) in [7, 11) is 1.60. The summed E-state index contributed by atoms with van der Waals surface area (Å²) < 4.78 is 15.8. The summed E-state index contributed by atoms with van der Waals surface area (Å²) in [6, 6.07) is 0. The van der Waals surface area contributed by atoms with E-state index in [9.17, 15) is 4.79 Å². The number of hydrogen-bond acceptors (Lipinski definition) is 6. The van der Waals surface area contributed by atoms with E-state index in [1.54, 1.807) is 12.0 Å². The molecule has 28 heavy (non-hydrogen) atoms. The number of rotatable bonds is 10. The van der Waals surface area contributed by atoms with Crippen molar-refractivity contribution in [2.24, 2.45) is 10.7 Å². The number of ether oxygens (including phenoxy) is 3. The first kappa shape index (κ1) is 27.1. The van der Waals surface area contributed by atoms with Crippen LogP contribution in [-0.2, 0) is 14.2 Å². The smallest absolute Gasteiger partial charge is 0.410 e. The van der Waals surface area contributed by atoms with E-state index in [-0.39, 0.29) is 30.1 Å². The maximum absolute atomic E-state index is 12.2. The van der Waals surface area contributed by atoms with Gasteiger partial charge in [0.05, 0.1) is 19.8 Å². The quantitative estimate of drug-likeness (QED) is 0.195. The van der Waals surface area contributed by atoms with Gasteiger partial charge in [-0.3, -0.25) is 9.89 Å². The first-order valence-electron chi connectivity index (χ1n) is 9.62. The fraction of sp³-hybridized carbons (Fsp3) is 0.889. The molecule has 1 fully saturated rings. The lowest BCUT2D eigenvalue weighted by Crippen LogP contribution is -2.44. The van der Waals surface area contributed by atoms with E-state index in [2.05, 4.69) is 15.2 Å². The normalized spacial score (nSPS) is 15.6. The highest BCUT2D eigenvalue weighted by molar-refractivity contribution is 14.0. The van der Waals surface area contributed by atoms with Crippen LogP contribution < -0.4 is 11.1 Å². The molecule has 9 nitrogen and oxygen atoms in total. The second kappa shape index (κ2) is 15.1. The first-order valence-corrected chi connectivity index (χ1v) is 9.62. The van der Waals surface area contributed by atoms with Gasteiger partial charge in [-0.1, -0.05) is 0 Å². The minimum atomic E-state index is -0.531. The molecule has 166 valence electrons. The van der Waals surface area contributed by atoms with Crippen molar-refractivity contribution in [3.63, 3.8) is 0 Å². The second-order valence-electron chi connectivity index (χ2n) is 7.46. The predicted octanol–water partition coefficient (Wildman–Crippen LogP) is 1.11. The number of morpholine rings is 1. The van der Waals surface area contributed by atoms with Gasteiger partial charge in [0.2, 0.25) is 0 Å². The molecule has 0 aliphatic carbocycles. The summed E-state index contributed by atoms with van der Waals surface area (Å²) in [6.45, 7) is 12.7. The monoisotopic (exact) mass is 515 g/mol. The topological polar surface area (TPSA) is 102 Å². The Bertz CT molecular complexity index is 454. The van der Waals surface area contributed by atoms with E-state index in [0.717, 1.165) is 39.3 Å². The Morgan fingerprint density at radius 1 is 1.29 bits per heavy atom. The van der Waals surface area contributed by atoms with Crippen LogP contribution in [0.3, 0.4) is 0 Å². The zero-order chi connectivity index (χ0) is 20.1. The number of carbonyl (C=O) groups excluding carboxylic acids is 1. The molecule has 0 atom stereocenters. The standard InChI is InChI=1S/C18H37N5O4.HI/c1-18(2,3)27-17(24)23(12-13-25-4)9-7-21-16(19)20-6-5-8-22-10-14-26-15-11-22;/h5-15H2,1-4H3,(H3,19,20,21);1H. The van der Waals surface area contributed by atoms with E-state index in [1.807, 2.05) is 20.8 Å². The Morgan fingerprint density at radius 3 is 2.57 bits per heavy atom. The van der Waals surface area contributed by atoms with Crippen molar-refractivity contribution >= 4 is 36.0 Å². The van der Waals surface area contributed by atoms with Crippen molar-refractivity contribution in [2.75, 3.05) is 72.7 Å². The number of halogens is 1. The van der Waals surface area contributed by atoms with Crippen LogP contribution in [0.5, 0.6) is 0 Å². The third-order valence-electron chi connectivity index (χ3n) is 3.92. The number of amides is 1. The number of carbonyl (C=O) groups is 1. The first-order chi connectivity index (χ1) is 12.8. The molecule has 0 aromatic carbocycles. The largest absolute Gasteiger partial charge is 0.444 e. The molecule has 0 saturated carbocycles. The molecule has 3 N–H and O–H groups in total. The van der Waals surface area contributed by atoms with Crippen molar-refractivity contribution < 1.29 is 19.0 Å². The maximum Gasteiger partial charge on any atom is 0.410 e. The number of guanidine groups is 1. The average Bonchev–Trinajstić information content (AvgIpc) is 2.61. The van der Waals surface area contributed by atoms with Crippen LogP contribution in [0.1, 0.15) is 27.2 Å². The molecule has 0 aromatic rings. The zero-order valence-electron chi connectivity index (χ0n) is 17.7. The van der Waals surface area contributed by atoms with Crippen molar-refractivity contribution in [2.45, 2.75) is 32.8 Å². The molecule has 1 aliphatic heterocycles. The minimum Gasteiger partial charge on any atom is -0.444 e. The Kier molecular flexibility index (Phi) is 14.6. The van der Waals surface area contributed by atoms with Crippen molar-refractivity contribution in [3.8, 4) is 0 Å². The fourth-order valence-electron chi connectivity index (χ4n) is 2.52. The Balaban J connectivity index is 0.00000729. The van der Waals surface area contributed by atoms with Gasteiger partial charge in [-0.15, -0.1) is 24.0 Å². The Hall–Kier alpha value is -0.850. The third kappa shape index (κ3) is 13.3. The van der Waals surface area contributed by atoms with Gasteiger partial charge >= 0.3 is 6.09 Å². The van der Waals surface area contributed by atoms with E-state index in [4.69, 9.17) is 19.9 Å². The molecule has 1 saturated heterocycles. The lowest BCUT2D eigenvalue weighted by Gasteiger charge is -2.27. The van der Waals surface area contributed by atoms with Gasteiger partial charge in [0.1, 0.15) is 5.60 Å². The number of hydrogen-bond donors (Lipinski definition) is 2. The molecule has 0 spiro atoms. The number of aliphatic imine (C=N–C) groups is 1. The Labute approximate surface area is 186 Å². The molecule has 0 aromatic heterocycles. The summed E-state index contributed by atoms with van der Waals surface area (Å²) in [6.07, 6.45) is 0.600. The number of nitrogens with zero attached hydrogens (tertiary/aromatic N) is 3. The highest BCUT2D eigenvalue weighted by Gasteiger charge is 2.21. The molecule has 1 rings (SSSR count). The van der Waals surface area contributed by atoms with Crippen LogP contribution in [0.4, 0.5) is 4.79 Å². The predicted molar refractivity (Wildman–Crippen MR) is 121 cm³/mol. The minimum absolute atomic E-state index is 0. The molecule has 1 aliphatic rings. The molecule has 0 radical (unpaired) electrons. The van der Waals surface area contributed by atoms with Gasteiger partial charge < -0.3 is 30.2 Å². The summed E-state index contributed by atoms with van der Waals surface area (Å²) in [4.78, 5) is 20.6. The van der Waals surface area contributed by atoms with Crippen LogP contribution in [0.25, 0.3) is 0 Å². The van der Waals surface area contributed by atoms with Gasteiger partial charge in [0.25, 0.3) is 0 Å². The SMILES string of the molecule is COCCN(CCNC(N)=NCCCN1CCOCC1)C(=O)OC(C)(C)C.I. The van der Waals surface area contributed by atoms with Gasteiger partial charge in [-0.25, -0.2) is 4.79 Å². The van der Waals surface area contributed by atoms with Crippen LogP contribution in [0.2, 0.25) is 0 Å².